The van der Waals surface area contributed by atoms with Crippen LogP contribution in [0.5, 0.6) is 0 Å². The zero-order chi connectivity index (χ0) is 27.8. The Kier molecular flexibility index (Phi) is 9.08. The molecule has 0 saturated heterocycles. The van der Waals surface area contributed by atoms with Gasteiger partial charge in [0, 0.05) is 5.56 Å². The molecule has 2 aromatic rings. The van der Waals surface area contributed by atoms with Crippen molar-refractivity contribution in [2.45, 2.75) is 24.9 Å². The highest BCUT2D eigenvalue weighted by Crippen LogP contribution is 2.48. The van der Waals surface area contributed by atoms with Gasteiger partial charge in [0.05, 0.1) is 5.56 Å². The molecule has 0 saturated carbocycles. The van der Waals surface area contributed by atoms with Crippen LogP contribution in [0.2, 0.25) is 0 Å². The van der Waals surface area contributed by atoms with Crippen molar-refractivity contribution < 1.29 is 74.6 Å². The van der Waals surface area contributed by atoms with Crippen molar-refractivity contribution in [3.05, 3.63) is 57.7 Å². The topological polar surface area (TPSA) is 0 Å². The van der Waals surface area contributed by atoms with Crippen LogP contribution in [0.4, 0.5) is 74.6 Å². The molecule has 2 aromatic carbocycles. The Labute approximate surface area is 184 Å². The van der Waals surface area contributed by atoms with Crippen molar-refractivity contribution in [1.29, 1.82) is 0 Å². The Balaban J connectivity index is 0.000000518. The van der Waals surface area contributed by atoms with Crippen molar-refractivity contribution in [3.63, 3.8) is 0 Å². The van der Waals surface area contributed by atoms with Crippen LogP contribution in [0.15, 0.2) is 0 Å². The Morgan fingerprint density at radius 2 is 0.914 bits per heavy atom. The van der Waals surface area contributed by atoms with Gasteiger partial charge in [-0.15, -0.1) is 0 Å². The summed E-state index contributed by atoms with van der Waals surface area (Å²) in [7, 11) is -2.03. The average Bonchev–Trinajstić information content (AvgIpc) is 2.71. The van der Waals surface area contributed by atoms with Gasteiger partial charge in [-0.05, 0) is 21.1 Å². The molecule has 35 heavy (non-hydrogen) atoms. The monoisotopic (exact) mass is 564 g/mol. The minimum atomic E-state index is -5.83. The first-order valence-electron chi connectivity index (χ1n) is 8.14. The highest BCUT2D eigenvalue weighted by atomic mass is 31.1. The molecular weight excluding hydrogens is 558 g/mol. The molecule has 0 aromatic heterocycles. The molecule has 0 radical (unpaired) electrons. The van der Waals surface area contributed by atoms with E-state index in [1.165, 1.54) is 0 Å². The lowest BCUT2D eigenvalue weighted by atomic mass is 9.92. The number of rotatable bonds is 3. The second-order valence-electron chi connectivity index (χ2n) is 6.14. The predicted octanol–water partition coefficient (Wildman–Crippen LogP) is 8.54. The number of hydrogen-bond donors (Lipinski definition) is 0. The Hall–Kier alpha value is -2.32. The quantitative estimate of drug-likeness (QED) is 0.152. The molecule has 0 aliphatic rings. The molecule has 0 fully saturated rings. The van der Waals surface area contributed by atoms with E-state index in [1.807, 2.05) is 0 Å². The van der Waals surface area contributed by atoms with E-state index in [4.69, 9.17) is 0 Å². The maximum atomic E-state index is 13.8. The van der Waals surface area contributed by atoms with Crippen LogP contribution < -0.4 is 0 Å². The van der Waals surface area contributed by atoms with Gasteiger partial charge in [-0.1, -0.05) is 0 Å². The third kappa shape index (κ3) is 5.92. The Morgan fingerprint density at radius 1 is 0.543 bits per heavy atom. The smallest absolute Gasteiger partial charge is 0.246 e. The molecule has 2 rings (SSSR count). The largest absolute Gasteiger partial charge is 0.457 e. The van der Waals surface area contributed by atoms with Crippen LogP contribution in [0.3, 0.4) is 0 Å². The summed E-state index contributed by atoms with van der Waals surface area (Å²) in [6.45, 7) is 0.362. The first kappa shape index (κ1) is 30.7. The highest BCUT2D eigenvalue weighted by Gasteiger charge is 2.57. The minimum Gasteiger partial charge on any atom is -0.246 e. The number of alkyl halides is 9. The SMILES string of the molecule is Cc1c(F)c(F)c(F)c(C(F)(F)F)c1-c1c(F)c(F)c(F)c(F)c1F.FCPC(F)(F)C(F)(F)F. The summed E-state index contributed by atoms with van der Waals surface area (Å²) < 4.78 is 214. The summed E-state index contributed by atoms with van der Waals surface area (Å²) >= 11 is 0. The molecule has 0 nitrogen and oxygen atoms in total. The zero-order valence-corrected chi connectivity index (χ0v) is 17.1. The van der Waals surface area contributed by atoms with E-state index in [2.05, 4.69) is 0 Å². The van der Waals surface area contributed by atoms with Gasteiger partial charge >= 0.3 is 18.0 Å². The summed E-state index contributed by atoms with van der Waals surface area (Å²) in [5, 5.41) is 0. The number of hydrogen-bond acceptors (Lipinski definition) is 0. The van der Waals surface area contributed by atoms with Gasteiger partial charge < -0.3 is 0 Å². The van der Waals surface area contributed by atoms with Crippen LogP contribution in [0, 0.1) is 53.5 Å². The summed E-state index contributed by atoms with van der Waals surface area (Å²) in [6, 6.07) is 0. The van der Waals surface area contributed by atoms with Crippen LogP contribution in [0.25, 0.3) is 11.1 Å². The third-order valence-electron chi connectivity index (χ3n) is 3.95. The molecular formula is C17H6F17P. The molecule has 0 aliphatic heterocycles. The molecule has 198 valence electrons. The lowest BCUT2D eigenvalue weighted by Gasteiger charge is -2.19. The summed E-state index contributed by atoms with van der Waals surface area (Å²) in [5.74, 6) is -21.2. The van der Waals surface area contributed by atoms with Crippen LogP contribution in [-0.4, -0.2) is 18.3 Å². The van der Waals surface area contributed by atoms with Gasteiger partial charge in [-0.25, -0.2) is 39.5 Å². The fraction of sp³-hybridized carbons (Fsp3) is 0.294. The van der Waals surface area contributed by atoms with Gasteiger partial charge in [0.15, 0.2) is 40.7 Å². The number of benzene rings is 2. The summed E-state index contributed by atoms with van der Waals surface area (Å²) in [4.78, 5) is 0. The van der Waals surface area contributed by atoms with E-state index < -0.39 is 102 Å². The first-order chi connectivity index (χ1) is 15.6. The van der Waals surface area contributed by atoms with E-state index in [9.17, 15) is 74.6 Å². The normalized spacial score (nSPS) is 12.9. The maximum Gasteiger partial charge on any atom is 0.457 e. The second kappa shape index (κ2) is 10.3. The minimum absolute atomic E-state index is 0.362. The molecule has 0 heterocycles. The van der Waals surface area contributed by atoms with E-state index in [-0.39, 0.29) is 0 Å². The van der Waals surface area contributed by atoms with Crippen molar-refractivity contribution in [1.82, 2.24) is 0 Å². The molecule has 0 amide bonds. The average molecular weight is 564 g/mol. The van der Waals surface area contributed by atoms with Gasteiger partial charge in [0.2, 0.25) is 5.82 Å². The predicted molar refractivity (Wildman–Crippen MR) is 86.6 cm³/mol. The first-order valence-corrected chi connectivity index (χ1v) is 9.35. The third-order valence-corrected chi connectivity index (χ3v) is 4.81. The Morgan fingerprint density at radius 3 is 1.23 bits per heavy atom. The van der Waals surface area contributed by atoms with E-state index >= 15 is 0 Å². The van der Waals surface area contributed by atoms with Crippen LogP contribution in [-0.2, 0) is 6.18 Å². The lowest BCUT2D eigenvalue weighted by molar-refractivity contribution is -0.239. The molecule has 0 N–H and O–H groups in total. The van der Waals surface area contributed by atoms with Gasteiger partial charge in [0.1, 0.15) is 12.0 Å². The van der Waals surface area contributed by atoms with E-state index in [1.54, 1.807) is 0 Å². The summed E-state index contributed by atoms with van der Waals surface area (Å²) in [6.07, 6.45) is -13.1. The summed E-state index contributed by atoms with van der Waals surface area (Å²) in [5.41, 5.74) is -13.3. The van der Waals surface area contributed by atoms with Crippen molar-refractivity contribution in [3.8, 4) is 11.1 Å². The zero-order valence-electron chi connectivity index (χ0n) is 16.1. The van der Waals surface area contributed by atoms with Crippen LogP contribution >= 0.6 is 8.58 Å². The molecule has 0 spiro atoms. The fourth-order valence-electron chi connectivity index (χ4n) is 2.36. The molecule has 0 aliphatic carbocycles. The Bertz CT molecular complexity index is 1070. The number of halogens is 17. The van der Waals surface area contributed by atoms with Crippen LogP contribution in [0.1, 0.15) is 11.1 Å². The van der Waals surface area contributed by atoms with Gasteiger partial charge in [-0.2, -0.15) is 35.1 Å². The van der Waals surface area contributed by atoms with Crippen molar-refractivity contribution in [2.24, 2.45) is 0 Å². The maximum absolute atomic E-state index is 13.8. The van der Waals surface area contributed by atoms with Crippen molar-refractivity contribution in [2.75, 3.05) is 6.42 Å². The molecule has 1 unspecified atom stereocenters. The standard InChI is InChI=1S/C14H3F11.C3H3F6P/c1-2-3(4-7(16)11(20)13(22)12(21)8(4)17)5(14(23,24)25)9(18)10(19)6(2)15;4-1-10-3(8,9)2(5,6)7/h1H3;10H,1H2. The molecule has 1 atom stereocenters. The lowest BCUT2D eigenvalue weighted by Crippen LogP contribution is -2.31. The van der Waals surface area contributed by atoms with E-state index in [0.29, 0.717) is 6.92 Å². The highest BCUT2D eigenvalue weighted by molar-refractivity contribution is 7.39. The molecule has 0 bridgehead atoms. The van der Waals surface area contributed by atoms with Gasteiger partial charge in [-0.3, -0.25) is 0 Å². The molecule has 18 heteroatoms. The second-order valence-corrected chi connectivity index (χ2v) is 7.39. The fourth-order valence-corrected chi connectivity index (χ4v) is 2.73. The van der Waals surface area contributed by atoms with E-state index in [0.717, 1.165) is 0 Å². The van der Waals surface area contributed by atoms with Crippen molar-refractivity contribution >= 4 is 8.58 Å². The van der Waals surface area contributed by atoms with Gasteiger partial charge in [0.25, 0.3) is 0 Å².